The summed E-state index contributed by atoms with van der Waals surface area (Å²) in [7, 11) is 0. The summed E-state index contributed by atoms with van der Waals surface area (Å²) in [6.07, 6.45) is 2.53. The van der Waals surface area contributed by atoms with Gasteiger partial charge in [0.15, 0.2) is 0 Å². The predicted octanol–water partition coefficient (Wildman–Crippen LogP) is 1.08. The maximum Gasteiger partial charge on any atom is 0.289 e. The maximum absolute atomic E-state index is 12.6. The largest absolute Gasteiger partial charge is 0.341 e. The third kappa shape index (κ3) is 3.34. The van der Waals surface area contributed by atoms with E-state index in [4.69, 9.17) is 0 Å². The fourth-order valence-electron chi connectivity index (χ4n) is 3.56. The van der Waals surface area contributed by atoms with E-state index in [1.807, 2.05) is 6.07 Å². The first kappa shape index (κ1) is 17.7. The van der Waals surface area contributed by atoms with Crippen LogP contribution in [0.15, 0.2) is 35.4 Å². The lowest BCUT2D eigenvalue weighted by Crippen LogP contribution is -2.49. The number of hydrogen-bond acceptors (Lipinski definition) is 6. The quantitative estimate of drug-likeness (QED) is 0.784. The first-order valence-electron chi connectivity index (χ1n) is 8.75. The first-order chi connectivity index (χ1) is 13.0. The number of nitrogens with zero attached hydrogens (tertiary/aromatic N) is 4. The molecule has 0 N–H and O–H groups in total. The SMILES string of the molecule is O=C(Cn1cnc2ccccc2c1=O)N1CCC(N2C(=O)CSC2=O)CC1. The van der Waals surface area contributed by atoms with Gasteiger partial charge in [-0.1, -0.05) is 23.9 Å². The number of likely N-dealkylation sites (tertiary alicyclic amines) is 1. The molecule has 0 spiro atoms. The molecule has 2 saturated heterocycles. The van der Waals surface area contributed by atoms with Crippen LogP contribution in [-0.4, -0.2) is 61.3 Å². The van der Waals surface area contributed by atoms with Crippen LogP contribution < -0.4 is 5.56 Å². The van der Waals surface area contributed by atoms with Crippen LogP contribution in [0.25, 0.3) is 10.9 Å². The number of hydrogen-bond donors (Lipinski definition) is 0. The van der Waals surface area contributed by atoms with Gasteiger partial charge in [-0.25, -0.2) is 4.98 Å². The van der Waals surface area contributed by atoms with Gasteiger partial charge in [0.2, 0.25) is 11.8 Å². The van der Waals surface area contributed by atoms with E-state index < -0.39 is 0 Å². The molecule has 4 rings (SSSR count). The second-order valence-electron chi connectivity index (χ2n) is 6.63. The van der Waals surface area contributed by atoms with Crippen LogP contribution in [0.5, 0.6) is 0 Å². The number of carbonyl (C=O) groups excluding carboxylic acids is 3. The molecule has 0 unspecified atom stereocenters. The molecule has 3 amide bonds. The second-order valence-corrected chi connectivity index (χ2v) is 7.55. The molecule has 3 heterocycles. The van der Waals surface area contributed by atoms with Crippen molar-refractivity contribution in [2.75, 3.05) is 18.8 Å². The summed E-state index contributed by atoms with van der Waals surface area (Å²) >= 11 is 1.03. The van der Waals surface area contributed by atoms with Crippen LogP contribution in [0.2, 0.25) is 0 Å². The summed E-state index contributed by atoms with van der Waals surface area (Å²) in [6, 6.07) is 6.88. The minimum absolute atomic E-state index is 0.0707. The van der Waals surface area contributed by atoms with Crippen molar-refractivity contribution >= 4 is 39.7 Å². The van der Waals surface area contributed by atoms with E-state index in [0.29, 0.717) is 36.8 Å². The average molecular weight is 386 g/mol. The van der Waals surface area contributed by atoms with E-state index in [-0.39, 0.29) is 41.0 Å². The highest BCUT2D eigenvalue weighted by molar-refractivity contribution is 8.14. The van der Waals surface area contributed by atoms with Crippen molar-refractivity contribution < 1.29 is 14.4 Å². The van der Waals surface area contributed by atoms with Gasteiger partial charge in [-0.15, -0.1) is 0 Å². The molecule has 2 aliphatic heterocycles. The molecule has 2 aromatic rings. The van der Waals surface area contributed by atoms with Gasteiger partial charge in [-0.05, 0) is 25.0 Å². The number of piperidine rings is 1. The van der Waals surface area contributed by atoms with Crippen LogP contribution in [-0.2, 0) is 16.1 Å². The Bertz CT molecular complexity index is 965. The standard InChI is InChI=1S/C18H18N4O4S/c23-15(9-21-11-19-14-4-2-1-3-13(14)17(21)25)20-7-5-12(6-8-20)22-16(24)10-27-18(22)26/h1-4,11-12H,5-10H2. The number of rotatable bonds is 3. The molecule has 0 bridgehead atoms. The van der Waals surface area contributed by atoms with E-state index in [9.17, 15) is 19.2 Å². The zero-order valence-corrected chi connectivity index (χ0v) is 15.4. The Morgan fingerprint density at radius 2 is 1.89 bits per heavy atom. The molecule has 1 aromatic heterocycles. The van der Waals surface area contributed by atoms with E-state index in [0.717, 1.165) is 11.8 Å². The summed E-state index contributed by atoms with van der Waals surface area (Å²) < 4.78 is 1.32. The lowest BCUT2D eigenvalue weighted by Gasteiger charge is -2.35. The molecular formula is C18H18N4O4S. The zero-order valence-electron chi connectivity index (χ0n) is 14.5. The van der Waals surface area contributed by atoms with Gasteiger partial charge < -0.3 is 4.90 Å². The lowest BCUT2D eigenvalue weighted by molar-refractivity contribution is -0.134. The zero-order chi connectivity index (χ0) is 19.0. The van der Waals surface area contributed by atoms with Crippen LogP contribution in [0.3, 0.4) is 0 Å². The van der Waals surface area contributed by atoms with Crippen molar-refractivity contribution in [3.05, 3.63) is 40.9 Å². The summed E-state index contributed by atoms with van der Waals surface area (Å²) in [5.41, 5.74) is 0.360. The Morgan fingerprint density at radius 1 is 1.15 bits per heavy atom. The highest BCUT2D eigenvalue weighted by Crippen LogP contribution is 2.26. The van der Waals surface area contributed by atoms with E-state index in [1.54, 1.807) is 23.1 Å². The third-order valence-electron chi connectivity index (χ3n) is 5.00. The highest BCUT2D eigenvalue weighted by atomic mass is 32.2. The van der Waals surface area contributed by atoms with Crippen LogP contribution in [0.4, 0.5) is 4.79 Å². The predicted molar refractivity (Wildman–Crippen MR) is 100 cm³/mol. The van der Waals surface area contributed by atoms with Gasteiger partial charge in [0.05, 0.1) is 23.0 Å². The Kier molecular flexibility index (Phi) is 4.69. The number of carbonyl (C=O) groups is 3. The number of thioether (sulfide) groups is 1. The highest BCUT2D eigenvalue weighted by Gasteiger charge is 2.37. The number of amides is 3. The van der Waals surface area contributed by atoms with Gasteiger partial charge in [0.25, 0.3) is 10.8 Å². The Hall–Kier alpha value is -2.68. The number of benzene rings is 1. The monoisotopic (exact) mass is 386 g/mol. The average Bonchev–Trinajstić information content (AvgIpc) is 3.02. The Labute approximate surface area is 159 Å². The molecule has 27 heavy (non-hydrogen) atoms. The maximum atomic E-state index is 12.6. The molecule has 1 aromatic carbocycles. The molecule has 8 nitrogen and oxygen atoms in total. The van der Waals surface area contributed by atoms with Gasteiger partial charge in [-0.3, -0.25) is 28.6 Å². The summed E-state index contributed by atoms with van der Waals surface area (Å²) in [5.74, 6) is -0.111. The van der Waals surface area contributed by atoms with Gasteiger partial charge >= 0.3 is 0 Å². The van der Waals surface area contributed by atoms with Gasteiger partial charge in [-0.2, -0.15) is 0 Å². The number of fused-ring (bicyclic) bond motifs is 1. The molecule has 2 fully saturated rings. The third-order valence-corrected chi connectivity index (χ3v) is 5.84. The van der Waals surface area contributed by atoms with Crippen molar-refractivity contribution in [2.24, 2.45) is 0 Å². The molecule has 9 heteroatoms. The van der Waals surface area contributed by atoms with Crippen LogP contribution in [0.1, 0.15) is 12.8 Å². The molecule has 140 valence electrons. The topological polar surface area (TPSA) is 92.6 Å². The normalized spacial score (nSPS) is 18.5. The van der Waals surface area contributed by atoms with Crippen molar-refractivity contribution in [1.82, 2.24) is 19.4 Å². The minimum atomic E-state index is -0.242. The number of imide groups is 1. The van der Waals surface area contributed by atoms with Crippen LogP contribution >= 0.6 is 11.8 Å². The number of para-hydroxylation sites is 1. The van der Waals surface area contributed by atoms with E-state index in [2.05, 4.69) is 4.98 Å². The molecular weight excluding hydrogens is 368 g/mol. The van der Waals surface area contributed by atoms with Crippen molar-refractivity contribution in [1.29, 1.82) is 0 Å². The van der Waals surface area contributed by atoms with E-state index in [1.165, 1.54) is 15.8 Å². The second kappa shape index (κ2) is 7.15. The van der Waals surface area contributed by atoms with Crippen molar-refractivity contribution in [2.45, 2.75) is 25.4 Å². The fraction of sp³-hybridized carbons (Fsp3) is 0.389. The Morgan fingerprint density at radius 3 is 2.59 bits per heavy atom. The fourth-order valence-corrected chi connectivity index (χ4v) is 4.33. The molecule has 2 aliphatic rings. The summed E-state index contributed by atoms with van der Waals surface area (Å²) in [6.45, 7) is 0.848. The van der Waals surface area contributed by atoms with E-state index >= 15 is 0 Å². The van der Waals surface area contributed by atoms with Gasteiger partial charge in [0.1, 0.15) is 6.54 Å². The molecule has 0 radical (unpaired) electrons. The number of aromatic nitrogens is 2. The molecule has 0 aliphatic carbocycles. The summed E-state index contributed by atoms with van der Waals surface area (Å²) in [4.78, 5) is 56.0. The lowest BCUT2D eigenvalue weighted by atomic mass is 10.0. The summed E-state index contributed by atoms with van der Waals surface area (Å²) in [5, 5.41) is 0.286. The van der Waals surface area contributed by atoms with Crippen molar-refractivity contribution in [3.8, 4) is 0 Å². The minimum Gasteiger partial charge on any atom is -0.341 e. The van der Waals surface area contributed by atoms with Crippen LogP contribution in [0, 0.1) is 0 Å². The molecule has 0 saturated carbocycles. The smallest absolute Gasteiger partial charge is 0.289 e. The first-order valence-corrected chi connectivity index (χ1v) is 9.74. The molecule has 0 atom stereocenters. The Balaban J connectivity index is 1.42. The van der Waals surface area contributed by atoms with Gasteiger partial charge in [0, 0.05) is 19.1 Å². The van der Waals surface area contributed by atoms with Crippen molar-refractivity contribution in [3.63, 3.8) is 0 Å².